The SMILES string of the molecule is Cc1ccc(NC(=O)Nc2ccc(NNC=O)cc2)cc1. The van der Waals surface area contributed by atoms with E-state index in [-0.39, 0.29) is 6.03 Å². The zero-order valence-corrected chi connectivity index (χ0v) is 11.5. The van der Waals surface area contributed by atoms with Crippen LogP contribution >= 0.6 is 0 Å². The van der Waals surface area contributed by atoms with Crippen LogP contribution in [0.5, 0.6) is 0 Å². The lowest BCUT2D eigenvalue weighted by Crippen LogP contribution is -2.20. The van der Waals surface area contributed by atoms with E-state index in [9.17, 15) is 9.59 Å². The van der Waals surface area contributed by atoms with Crippen molar-refractivity contribution in [2.75, 3.05) is 16.1 Å². The van der Waals surface area contributed by atoms with Crippen molar-refractivity contribution in [1.29, 1.82) is 0 Å². The summed E-state index contributed by atoms with van der Waals surface area (Å²) in [5.74, 6) is 0. The number of carbonyl (C=O) groups is 2. The molecule has 0 atom stereocenters. The van der Waals surface area contributed by atoms with Gasteiger partial charge in [0.25, 0.3) is 0 Å². The second kappa shape index (κ2) is 6.95. The van der Waals surface area contributed by atoms with Gasteiger partial charge < -0.3 is 10.6 Å². The normalized spacial score (nSPS) is 9.57. The van der Waals surface area contributed by atoms with Crippen molar-refractivity contribution < 1.29 is 9.59 Å². The molecule has 0 unspecified atom stereocenters. The van der Waals surface area contributed by atoms with Gasteiger partial charge in [0.05, 0.1) is 5.69 Å². The molecule has 0 bridgehead atoms. The summed E-state index contributed by atoms with van der Waals surface area (Å²) in [5, 5.41) is 5.46. The Kier molecular flexibility index (Phi) is 4.76. The van der Waals surface area contributed by atoms with Gasteiger partial charge in [0.1, 0.15) is 0 Å². The lowest BCUT2D eigenvalue weighted by Gasteiger charge is -2.09. The van der Waals surface area contributed by atoms with Crippen molar-refractivity contribution >= 4 is 29.5 Å². The van der Waals surface area contributed by atoms with Crippen LogP contribution < -0.4 is 21.5 Å². The molecule has 21 heavy (non-hydrogen) atoms. The fraction of sp³-hybridized carbons (Fsp3) is 0.0667. The Labute approximate surface area is 122 Å². The highest BCUT2D eigenvalue weighted by atomic mass is 16.2. The topological polar surface area (TPSA) is 82.3 Å². The molecule has 0 saturated heterocycles. The number of amides is 3. The van der Waals surface area contributed by atoms with Crippen molar-refractivity contribution in [3.05, 3.63) is 54.1 Å². The summed E-state index contributed by atoms with van der Waals surface area (Å²) in [7, 11) is 0. The number of hydrogen-bond donors (Lipinski definition) is 4. The van der Waals surface area contributed by atoms with Gasteiger partial charge in [-0.3, -0.25) is 15.6 Å². The third-order valence-corrected chi connectivity index (χ3v) is 2.73. The van der Waals surface area contributed by atoms with E-state index in [0.717, 1.165) is 11.3 Å². The Balaban J connectivity index is 1.90. The van der Waals surface area contributed by atoms with Crippen LogP contribution in [0.2, 0.25) is 0 Å². The third-order valence-electron chi connectivity index (χ3n) is 2.73. The number of aryl methyl sites for hydroxylation is 1. The van der Waals surface area contributed by atoms with Gasteiger partial charge in [0, 0.05) is 11.4 Å². The van der Waals surface area contributed by atoms with E-state index < -0.39 is 0 Å². The molecule has 0 saturated carbocycles. The molecule has 6 nitrogen and oxygen atoms in total. The van der Waals surface area contributed by atoms with E-state index in [2.05, 4.69) is 21.5 Å². The van der Waals surface area contributed by atoms with Crippen molar-refractivity contribution in [1.82, 2.24) is 5.43 Å². The molecule has 0 heterocycles. The van der Waals surface area contributed by atoms with E-state index in [1.54, 1.807) is 24.3 Å². The number of anilines is 3. The molecule has 2 aromatic carbocycles. The maximum atomic E-state index is 11.8. The second-order valence-electron chi connectivity index (χ2n) is 4.41. The van der Waals surface area contributed by atoms with Crippen molar-refractivity contribution in [3.63, 3.8) is 0 Å². The van der Waals surface area contributed by atoms with Gasteiger partial charge in [0.2, 0.25) is 6.41 Å². The predicted molar refractivity (Wildman–Crippen MR) is 83.1 cm³/mol. The molecule has 0 radical (unpaired) electrons. The van der Waals surface area contributed by atoms with Crippen LogP contribution in [-0.4, -0.2) is 12.4 Å². The van der Waals surface area contributed by atoms with Crippen LogP contribution in [-0.2, 0) is 4.79 Å². The zero-order chi connectivity index (χ0) is 15.1. The molecule has 6 heteroatoms. The summed E-state index contributed by atoms with van der Waals surface area (Å²) < 4.78 is 0. The highest BCUT2D eigenvalue weighted by Crippen LogP contribution is 2.14. The van der Waals surface area contributed by atoms with Crippen LogP contribution in [0.25, 0.3) is 0 Å². The zero-order valence-electron chi connectivity index (χ0n) is 11.5. The Morgan fingerprint density at radius 1 is 0.857 bits per heavy atom. The lowest BCUT2D eigenvalue weighted by atomic mass is 10.2. The molecule has 0 aromatic heterocycles. The molecule has 0 aliphatic heterocycles. The predicted octanol–water partition coefficient (Wildman–Crippen LogP) is 2.71. The largest absolute Gasteiger partial charge is 0.323 e. The van der Waals surface area contributed by atoms with Gasteiger partial charge in [-0.2, -0.15) is 0 Å². The number of urea groups is 1. The minimum absolute atomic E-state index is 0.314. The first-order chi connectivity index (χ1) is 10.2. The van der Waals surface area contributed by atoms with E-state index >= 15 is 0 Å². The van der Waals surface area contributed by atoms with Gasteiger partial charge in [-0.15, -0.1) is 0 Å². The summed E-state index contributed by atoms with van der Waals surface area (Å²) in [6.45, 7) is 1.99. The van der Waals surface area contributed by atoms with Gasteiger partial charge in [-0.1, -0.05) is 17.7 Å². The van der Waals surface area contributed by atoms with Crippen LogP contribution in [0, 0.1) is 6.92 Å². The first kappa shape index (κ1) is 14.4. The summed E-state index contributed by atoms with van der Waals surface area (Å²) in [6.07, 6.45) is 0.543. The van der Waals surface area contributed by atoms with E-state index in [1.807, 2.05) is 31.2 Å². The molecule has 0 spiro atoms. The maximum absolute atomic E-state index is 11.8. The molecule has 0 aliphatic carbocycles. The number of hydrogen-bond acceptors (Lipinski definition) is 3. The second-order valence-corrected chi connectivity index (χ2v) is 4.41. The molecule has 4 N–H and O–H groups in total. The lowest BCUT2D eigenvalue weighted by molar-refractivity contribution is -0.109. The Morgan fingerprint density at radius 3 is 1.86 bits per heavy atom. The van der Waals surface area contributed by atoms with Gasteiger partial charge in [-0.05, 0) is 43.3 Å². The number of carbonyl (C=O) groups excluding carboxylic acids is 2. The summed E-state index contributed by atoms with van der Waals surface area (Å²) in [4.78, 5) is 22.0. The first-order valence-corrected chi connectivity index (χ1v) is 6.37. The van der Waals surface area contributed by atoms with E-state index in [0.29, 0.717) is 17.8 Å². The third kappa shape index (κ3) is 4.54. The van der Waals surface area contributed by atoms with Crippen molar-refractivity contribution in [2.24, 2.45) is 0 Å². The van der Waals surface area contributed by atoms with Gasteiger partial charge in [0.15, 0.2) is 0 Å². The molecule has 0 fully saturated rings. The average molecular weight is 284 g/mol. The molecule has 2 rings (SSSR count). The minimum Gasteiger partial charge on any atom is -0.308 e. The smallest absolute Gasteiger partial charge is 0.308 e. The number of nitrogens with one attached hydrogen (secondary N) is 4. The molecular weight excluding hydrogens is 268 g/mol. The van der Waals surface area contributed by atoms with Crippen molar-refractivity contribution in [2.45, 2.75) is 6.92 Å². The highest BCUT2D eigenvalue weighted by molar-refractivity contribution is 5.99. The number of rotatable bonds is 5. The summed E-state index contributed by atoms with van der Waals surface area (Å²) in [6, 6.07) is 14.1. The van der Waals surface area contributed by atoms with Gasteiger partial charge in [-0.25, -0.2) is 4.79 Å². The van der Waals surface area contributed by atoms with Crippen LogP contribution in [0.3, 0.4) is 0 Å². The molecule has 108 valence electrons. The molecule has 2 aromatic rings. The molecule has 3 amide bonds. The monoisotopic (exact) mass is 284 g/mol. The van der Waals surface area contributed by atoms with Crippen LogP contribution in [0.4, 0.5) is 21.9 Å². The summed E-state index contributed by atoms with van der Waals surface area (Å²) in [5.41, 5.74) is 8.23. The van der Waals surface area contributed by atoms with E-state index in [4.69, 9.17) is 0 Å². The summed E-state index contributed by atoms with van der Waals surface area (Å²) >= 11 is 0. The fourth-order valence-electron chi connectivity index (χ4n) is 1.68. The number of benzene rings is 2. The van der Waals surface area contributed by atoms with Crippen LogP contribution in [0.1, 0.15) is 5.56 Å². The highest BCUT2D eigenvalue weighted by Gasteiger charge is 2.02. The van der Waals surface area contributed by atoms with Gasteiger partial charge >= 0.3 is 6.03 Å². The molecular formula is C15H16N4O2. The molecule has 0 aliphatic rings. The van der Waals surface area contributed by atoms with E-state index in [1.165, 1.54) is 0 Å². The van der Waals surface area contributed by atoms with Crippen LogP contribution in [0.15, 0.2) is 48.5 Å². The Morgan fingerprint density at radius 2 is 1.33 bits per heavy atom. The minimum atomic E-state index is -0.314. The average Bonchev–Trinajstić information content (AvgIpc) is 2.49. The first-order valence-electron chi connectivity index (χ1n) is 6.37. The Bertz CT molecular complexity index is 609. The fourth-order valence-corrected chi connectivity index (χ4v) is 1.68. The number of hydrazine groups is 1. The Hall–Kier alpha value is -3.02. The quantitative estimate of drug-likeness (QED) is 0.503. The standard InChI is InChI=1S/C15H16N4O2/c1-11-2-4-12(5-3-11)17-15(21)18-13-6-8-14(9-7-13)19-16-10-20/h2-10,19H,1H3,(H,16,20)(H2,17,18,21). The maximum Gasteiger partial charge on any atom is 0.323 e. The van der Waals surface area contributed by atoms with Crippen molar-refractivity contribution in [3.8, 4) is 0 Å².